The van der Waals surface area contributed by atoms with Crippen molar-refractivity contribution in [2.45, 2.75) is 19.4 Å². The summed E-state index contributed by atoms with van der Waals surface area (Å²) >= 11 is 0. The fraction of sp³-hybridized carbons (Fsp3) is 0.217. The van der Waals surface area contributed by atoms with Crippen LogP contribution in [0.1, 0.15) is 24.9 Å². The van der Waals surface area contributed by atoms with E-state index < -0.39 is 0 Å². The molecule has 28 heavy (non-hydrogen) atoms. The van der Waals surface area contributed by atoms with Gasteiger partial charge in [-0.1, -0.05) is 48.5 Å². The minimum atomic E-state index is -0.0672. The molecular weight excluding hydrogens is 348 g/mol. The van der Waals surface area contributed by atoms with Crippen LogP contribution in [0.25, 0.3) is 10.8 Å². The maximum Gasteiger partial charge on any atom is 0.238 e. The Morgan fingerprint density at radius 2 is 1.75 bits per heavy atom. The SMILES string of the molecule is CC(=O)N1NC(=Nc2cccc3ccccc23)CC1c1ccc(N(C)C)cc1. The summed E-state index contributed by atoms with van der Waals surface area (Å²) in [6.45, 7) is 1.58. The third-order valence-corrected chi connectivity index (χ3v) is 5.10. The molecule has 1 aliphatic heterocycles. The van der Waals surface area contributed by atoms with Crippen molar-refractivity contribution < 1.29 is 4.79 Å². The first-order chi connectivity index (χ1) is 13.5. The smallest absolute Gasteiger partial charge is 0.238 e. The summed E-state index contributed by atoms with van der Waals surface area (Å²) in [5, 5.41) is 3.93. The van der Waals surface area contributed by atoms with Crippen LogP contribution in [0, 0.1) is 0 Å². The zero-order chi connectivity index (χ0) is 19.7. The summed E-state index contributed by atoms with van der Waals surface area (Å²) in [7, 11) is 4.03. The van der Waals surface area contributed by atoms with Crippen LogP contribution in [0.15, 0.2) is 71.7 Å². The lowest BCUT2D eigenvalue weighted by atomic mass is 10.0. The predicted molar refractivity (Wildman–Crippen MR) is 115 cm³/mol. The van der Waals surface area contributed by atoms with E-state index in [4.69, 9.17) is 4.99 Å². The Morgan fingerprint density at radius 3 is 2.46 bits per heavy atom. The number of hydrogen-bond acceptors (Lipinski definition) is 3. The van der Waals surface area contributed by atoms with Crippen LogP contribution >= 0.6 is 0 Å². The fourth-order valence-corrected chi connectivity index (χ4v) is 3.62. The van der Waals surface area contributed by atoms with Crippen molar-refractivity contribution in [3.05, 3.63) is 72.3 Å². The van der Waals surface area contributed by atoms with Crippen LogP contribution < -0.4 is 10.3 Å². The second kappa shape index (κ2) is 7.35. The van der Waals surface area contributed by atoms with E-state index in [2.05, 4.69) is 52.8 Å². The van der Waals surface area contributed by atoms with Crippen molar-refractivity contribution >= 4 is 33.9 Å². The molecule has 5 nitrogen and oxygen atoms in total. The van der Waals surface area contributed by atoms with E-state index in [-0.39, 0.29) is 11.9 Å². The maximum absolute atomic E-state index is 12.2. The molecule has 1 atom stereocenters. The van der Waals surface area contributed by atoms with Crippen molar-refractivity contribution in [1.29, 1.82) is 0 Å². The van der Waals surface area contributed by atoms with Gasteiger partial charge in [-0.3, -0.25) is 10.2 Å². The van der Waals surface area contributed by atoms with E-state index in [1.807, 2.05) is 38.4 Å². The summed E-state index contributed by atoms with van der Waals surface area (Å²) in [6, 6.07) is 22.6. The molecule has 1 N–H and O–H groups in total. The fourth-order valence-electron chi connectivity index (χ4n) is 3.62. The summed E-state index contributed by atoms with van der Waals surface area (Å²) in [6.07, 6.45) is 0.657. The highest BCUT2D eigenvalue weighted by molar-refractivity contribution is 5.97. The van der Waals surface area contributed by atoms with Crippen LogP contribution in [0.3, 0.4) is 0 Å². The largest absolute Gasteiger partial charge is 0.378 e. The summed E-state index contributed by atoms with van der Waals surface area (Å²) < 4.78 is 0. The van der Waals surface area contributed by atoms with Gasteiger partial charge in [0.1, 0.15) is 5.84 Å². The molecule has 0 bridgehead atoms. The molecule has 0 aromatic heterocycles. The van der Waals surface area contributed by atoms with Gasteiger partial charge in [-0.15, -0.1) is 0 Å². The molecule has 0 aliphatic carbocycles. The number of amidine groups is 1. The monoisotopic (exact) mass is 372 g/mol. The van der Waals surface area contributed by atoms with E-state index in [0.29, 0.717) is 6.42 Å². The minimum Gasteiger partial charge on any atom is -0.378 e. The van der Waals surface area contributed by atoms with Gasteiger partial charge in [-0.05, 0) is 29.1 Å². The molecule has 0 saturated carbocycles. The molecule has 0 spiro atoms. The van der Waals surface area contributed by atoms with Gasteiger partial charge >= 0.3 is 0 Å². The van der Waals surface area contributed by atoms with E-state index in [1.54, 1.807) is 11.9 Å². The zero-order valence-electron chi connectivity index (χ0n) is 16.4. The van der Waals surface area contributed by atoms with Crippen molar-refractivity contribution in [2.75, 3.05) is 19.0 Å². The Labute approximate surface area is 165 Å². The van der Waals surface area contributed by atoms with Crippen molar-refractivity contribution in [1.82, 2.24) is 10.4 Å². The van der Waals surface area contributed by atoms with Gasteiger partial charge in [0.15, 0.2) is 0 Å². The molecule has 0 radical (unpaired) electrons. The van der Waals surface area contributed by atoms with Crippen LogP contribution in [0.4, 0.5) is 11.4 Å². The predicted octanol–water partition coefficient (Wildman–Crippen LogP) is 4.43. The van der Waals surface area contributed by atoms with E-state index in [0.717, 1.165) is 33.5 Å². The first kappa shape index (κ1) is 18.0. The second-order valence-corrected chi connectivity index (χ2v) is 7.26. The molecule has 1 heterocycles. The lowest BCUT2D eigenvalue weighted by Gasteiger charge is -2.23. The number of fused-ring (bicyclic) bond motifs is 1. The van der Waals surface area contributed by atoms with E-state index in [9.17, 15) is 4.79 Å². The first-order valence-electron chi connectivity index (χ1n) is 9.42. The Hall–Kier alpha value is -3.34. The molecule has 1 amide bonds. The third-order valence-electron chi connectivity index (χ3n) is 5.10. The molecule has 4 rings (SSSR count). The van der Waals surface area contributed by atoms with Crippen molar-refractivity contribution in [3.63, 3.8) is 0 Å². The van der Waals surface area contributed by atoms with Crippen LogP contribution in [0.2, 0.25) is 0 Å². The molecule has 142 valence electrons. The van der Waals surface area contributed by atoms with Crippen LogP contribution in [-0.4, -0.2) is 30.8 Å². The molecular formula is C23H24N4O. The molecule has 5 heteroatoms. The van der Waals surface area contributed by atoms with Gasteiger partial charge in [0.25, 0.3) is 0 Å². The Morgan fingerprint density at radius 1 is 1.04 bits per heavy atom. The second-order valence-electron chi connectivity index (χ2n) is 7.26. The van der Waals surface area contributed by atoms with Crippen molar-refractivity contribution in [2.24, 2.45) is 4.99 Å². The topological polar surface area (TPSA) is 47.9 Å². The highest BCUT2D eigenvalue weighted by atomic mass is 16.2. The molecule has 1 aliphatic rings. The van der Waals surface area contributed by atoms with Gasteiger partial charge in [-0.2, -0.15) is 0 Å². The number of nitrogens with zero attached hydrogens (tertiary/aromatic N) is 3. The maximum atomic E-state index is 12.2. The number of anilines is 1. The number of benzene rings is 3. The third kappa shape index (κ3) is 3.43. The van der Waals surface area contributed by atoms with Gasteiger partial charge in [0, 0.05) is 38.5 Å². The number of nitrogens with one attached hydrogen (secondary N) is 1. The van der Waals surface area contributed by atoms with Gasteiger partial charge < -0.3 is 4.90 Å². The summed E-state index contributed by atoms with van der Waals surface area (Å²) in [5.74, 6) is 0.776. The lowest BCUT2D eigenvalue weighted by molar-refractivity contribution is -0.132. The summed E-state index contributed by atoms with van der Waals surface area (Å²) in [5.41, 5.74) is 6.35. The number of rotatable bonds is 3. The number of aliphatic imine (C=N–C) groups is 1. The average Bonchev–Trinajstić information content (AvgIpc) is 3.12. The van der Waals surface area contributed by atoms with Gasteiger partial charge in [0.2, 0.25) is 5.91 Å². The van der Waals surface area contributed by atoms with Crippen LogP contribution in [-0.2, 0) is 4.79 Å². The molecule has 3 aromatic carbocycles. The van der Waals surface area contributed by atoms with E-state index >= 15 is 0 Å². The summed E-state index contributed by atoms with van der Waals surface area (Å²) in [4.78, 5) is 19.1. The number of carbonyl (C=O) groups is 1. The molecule has 1 fully saturated rings. The minimum absolute atomic E-state index is 0.0233. The first-order valence-corrected chi connectivity index (χ1v) is 9.42. The van der Waals surface area contributed by atoms with Crippen LogP contribution in [0.5, 0.6) is 0 Å². The quantitative estimate of drug-likeness (QED) is 0.740. The highest BCUT2D eigenvalue weighted by Gasteiger charge is 2.32. The van der Waals surface area contributed by atoms with Crippen molar-refractivity contribution in [3.8, 4) is 0 Å². The van der Waals surface area contributed by atoms with Gasteiger partial charge in [-0.25, -0.2) is 10.0 Å². The number of hydrazine groups is 1. The average molecular weight is 372 g/mol. The number of carbonyl (C=O) groups excluding carboxylic acids is 1. The van der Waals surface area contributed by atoms with Gasteiger partial charge in [0.05, 0.1) is 11.7 Å². The molecule has 3 aromatic rings. The standard InChI is InChI=1S/C23H24N4O/c1-16(28)27-22(18-11-13-19(14-12-18)26(2)3)15-23(25-27)24-21-10-6-8-17-7-4-5-9-20(17)21/h4-14,22H,15H2,1-3H3,(H,24,25). The molecule has 1 saturated heterocycles. The Bertz CT molecular complexity index is 1030. The number of hydrogen-bond donors (Lipinski definition) is 1. The Kier molecular flexibility index (Phi) is 4.74. The zero-order valence-corrected chi connectivity index (χ0v) is 16.4. The normalized spacial score (nSPS) is 17.8. The number of amides is 1. The Balaban J connectivity index is 1.67. The lowest BCUT2D eigenvalue weighted by Crippen LogP contribution is -2.38. The highest BCUT2D eigenvalue weighted by Crippen LogP contribution is 2.32. The molecule has 1 unspecified atom stereocenters. The van der Waals surface area contributed by atoms with E-state index in [1.165, 1.54) is 0 Å².